The van der Waals surface area contributed by atoms with Gasteiger partial charge < -0.3 is 9.84 Å². The van der Waals surface area contributed by atoms with Gasteiger partial charge in [0.1, 0.15) is 5.75 Å². The smallest absolute Gasteiger partial charge is 0.328 e. The third-order valence-corrected chi connectivity index (χ3v) is 3.33. The van der Waals surface area contributed by atoms with Crippen molar-refractivity contribution in [3.8, 4) is 5.75 Å². The summed E-state index contributed by atoms with van der Waals surface area (Å²) in [6.45, 7) is 2.91. The molecule has 0 aromatic heterocycles. The molecular formula is C18H26O3. The molecular weight excluding hydrogens is 264 g/mol. The molecule has 0 aliphatic heterocycles. The van der Waals surface area contributed by atoms with Crippen LogP contribution in [0.5, 0.6) is 5.75 Å². The van der Waals surface area contributed by atoms with Gasteiger partial charge in [-0.3, -0.25) is 0 Å². The lowest BCUT2D eigenvalue weighted by Gasteiger charge is -2.09. The van der Waals surface area contributed by atoms with Gasteiger partial charge in [0, 0.05) is 11.6 Å². The maximum Gasteiger partial charge on any atom is 0.328 e. The Morgan fingerprint density at radius 2 is 1.76 bits per heavy atom. The molecule has 1 aromatic rings. The molecule has 0 aliphatic rings. The number of rotatable bonds is 11. The number of hydrogen-bond acceptors (Lipinski definition) is 2. The number of para-hydroxylation sites is 1. The van der Waals surface area contributed by atoms with Crippen LogP contribution in [0.15, 0.2) is 30.3 Å². The van der Waals surface area contributed by atoms with E-state index in [1.165, 1.54) is 38.5 Å². The number of unbranched alkanes of at least 4 members (excludes halogenated alkanes) is 6. The quantitative estimate of drug-likeness (QED) is 0.465. The molecule has 0 bridgehead atoms. The number of carboxylic acid groups (broad SMARTS) is 1. The van der Waals surface area contributed by atoms with Gasteiger partial charge in [-0.15, -0.1) is 0 Å². The number of aliphatic carboxylic acids is 1. The second-order valence-electron chi connectivity index (χ2n) is 5.18. The SMILES string of the molecule is CCCCCCCCCOc1ccccc1C=CC(=O)O. The summed E-state index contributed by atoms with van der Waals surface area (Å²) < 4.78 is 5.75. The lowest BCUT2D eigenvalue weighted by Crippen LogP contribution is -1.99. The number of carbonyl (C=O) groups is 1. The van der Waals surface area contributed by atoms with Gasteiger partial charge in [-0.25, -0.2) is 4.79 Å². The fourth-order valence-corrected chi connectivity index (χ4v) is 2.15. The molecule has 0 heterocycles. The normalized spacial score (nSPS) is 10.9. The second-order valence-corrected chi connectivity index (χ2v) is 5.18. The summed E-state index contributed by atoms with van der Waals surface area (Å²) in [6, 6.07) is 7.52. The van der Waals surface area contributed by atoms with Crippen LogP contribution in [-0.4, -0.2) is 17.7 Å². The summed E-state index contributed by atoms with van der Waals surface area (Å²) in [5.74, 6) is -0.196. The van der Waals surface area contributed by atoms with Crippen molar-refractivity contribution in [2.24, 2.45) is 0 Å². The van der Waals surface area contributed by atoms with E-state index in [0.717, 1.165) is 23.8 Å². The summed E-state index contributed by atoms with van der Waals surface area (Å²) >= 11 is 0. The van der Waals surface area contributed by atoms with E-state index in [2.05, 4.69) is 6.92 Å². The summed E-state index contributed by atoms with van der Waals surface area (Å²) in [7, 11) is 0. The average Bonchev–Trinajstić information content (AvgIpc) is 2.48. The molecule has 0 saturated heterocycles. The molecule has 116 valence electrons. The summed E-state index contributed by atoms with van der Waals surface area (Å²) in [5, 5.41) is 8.67. The fraction of sp³-hybridized carbons (Fsp3) is 0.500. The highest BCUT2D eigenvalue weighted by Gasteiger charge is 2.00. The van der Waals surface area contributed by atoms with E-state index in [-0.39, 0.29) is 0 Å². The molecule has 0 radical (unpaired) electrons. The molecule has 3 nitrogen and oxygen atoms in total. The predicted octanol–water partition coefficient (Wildman–Crippen LogP) is 4.91. The van der Waals surface area contributed by atoms with Crippen LogP contribution in [0.2, 0.25) is 0 Å². The van der Waals surface area contributed by atoms with Gasteiger partial charge >= 0.3 is 5.97 Å². The molecule has 0 spiro atoms. The highest BCUT2D eigenvalue weighted by atomic mass is 16.5. The zero-order valence-corrected chi connectivity index (χ0v) is 12.9. The van der Waals surface area contributed by atoms with Crippen LogP contribution in [0.25, 0.3) is 6.08 Å². The first kappa shape index (κ1) is 17.3. The van der Waals surface area contributed by atoms with E-state index in [9.17, 15) is 4.79 Å². The van der Waals surface area contributed by atoms with Crippen LogP contribution in [0.1, 0.15) is 57.4 Å². The molecule has 1 N–H and O–H groups in total. The van der Waals surface area contributed by atoms with Crippen molar-refractivity contribution in [3.05, 3.63) is 35.9 Å². The lowest BCUT2D eigenvalue weighted by atomic mass is 10.1. The maximum atomic E-state index is 10.6. The molecule has 0 aliphatic carbocycles. The number of hydrogen-bond donors (Lipinski definition) is 1. The Morgan fingerprint density at radius 3 is 2.48 bits per heavy atom. The van der Waals surface area contributed by atoms with Gasteiger partial charge in [-0.1, -0.05) is 63.6 Å². The predicted molar refractivity (Wildman–Crippen MR) is 86.6 cm³/mol. The summed E-state index contributed by atoms with van der Waals surface area (Å²) in [4.78, 5) is 10.6. The van der Waals surface area contributed by atoms with Crippen molar-refractivity contribution in [1.29, 1.82) is 0 Å². The molecule has 21 heavy (non-hydrogen) atoms. The van der Waals surface area contributed by atoms with Gasteiger partial charge in [-0.2, -0.15) is 0 Å². The summed E-state index contributed by atoms with van der Waals surface area (Å²) in [5.41, 5.74) is 0.808. The minimum atomic E-state index is -0.947. The van der Waals surface area contributed by atoms with Crippen LogP contribution in [0.3, 0.4) is 0 Å². The van der Waals surface area contributed by atoms with Crippen molar-refractivity contribution < 1.29 is 14.6 Å². The molecule has 1 rings (SSSR count). The average molecular weight is 290 g/mol. The molecule has 0 atom stereocenters. The van der Waals surface area contributed by atoms with Crippen LogP contribution in [0.4, 0.5) is 0 Å². The van der Waals surface area contributed by atoms with Gasteiger partial charge in [0.25, 0.3) is 0 Å². The largest absolute Gasteiger partial charge is 0.493 e. The zero-order chi connectivity index (χ0) is 15.3. The van der Waals surface area contributed by atoms with Crippen molar-refractivity contribution in [3.63, 3.8) is 0 Å². The van der Waals surface area contributed by atoms with Crippen LogP contribution in [0, 0.1) is 0 Å². The zero-order valence-electron chi connectivity index (χ0n) is 12.9. The van der Waals surface area contributed by atoms with Crippen molar-refractivity contribution in [1.82, 2.24) is 0 Å². The van der Waals surface area contributed by atoms with Gasteiger partial charge in [0.05, 0.1) is 6.61 Å². The monoisotopic (exact) mass is 290 g/mol. The molecule has 0 fully saturated rings. The number of benzene rings is 1. The van der Waals surface area contributed by atoms with Crippen LogP contribution >= 0.6 is 0 Å². The Hall–Kier alpha value is -1.77. The molecule has 0 saturated carbocycles. The number of ether oxygens (including phenoxy) is 1. The van der Waals surface area contributed by atoms with Crippen LogP contribution in [-0.2, 0) is 4.79 Å². The topological polar surface area (TPSA) is 46.5 Å². The summed E-state index contributed by atoms with van der Waals surface area (Å²) in [6.07, 6.45) is 11.5. The Kier molecular flexibility index (Phi) is 9.01. The van der Waals surface area contributed by atoms with Gasteiger partial charge in [0.2, 0.25) is 0 Å². The Balaban J connectivity index is 2.27. The first-order valence-corrected chi connectivity index (χ1v) is 7.87. The Morgan fingerprint density at radius 1 is 1.10 bits per heavy atom. The lowest BCUT2D eigenvalue weighted by molar-refractivity contribution is -0.131. The molecule has 1 aromatic carbocycles. The van der Waals surface area contributed by atoms with E-state index in [1.54, 1.807) is 6.08 Å². The fourth-order valence-electron chi connectivity index (χ4n) is 2.15. The molecule has 0 amide bonds. The minimum Gasteiger partial charge on any atom is -0.493 e. The highest BCUT2D eigenvalue weighted by molar-refractivity contribution is 5.85. The molecule has 0 unspecified atom stereocenters. The van der Waals surface area contributed by atoms with Crippen molar-refractivity contribution in [2.45, 2.75) is 51.9 Å². The molecule has 3 heteroatoms. The van der Waals surface area contributed by atoms with Crippen LogP contribution < -0.4 is 4.74 Å². The maximum absolute atomic E-state index is 10.6. The third kappa shape index (κ3) is 8.18. The highest BCUT2D eigenvalue weighted by Crippen LogP contribution is 2.20. The van der Waals surface area contributed by atoms with E-state index < -0.39 is 5.97 Å². The van der Waals surface area contributed by atoms with Gasteiger partial charge in [0.15, 0.2) is 0 Å². The van der Waals surface area contributed by atoms with E-state index in [0.29, 0.717) is 6.61 Å². The first-order chi connectivity index (χ1) is 10.2. The van der Waals surface area contributed by atoms with E-state index >= 15 is 0 Å². The Labute approximate surface area is 127 Å². The standard InChI is InChI=1S/C18H26O3/c1-2-3-4-5-6-7-10-15-21-17-12-9-8-11-16(17)13-14-18(19)20/h8-9,11-14H,2-7,10,15H2,1H3,(H,19,20). The third-order valence-electron chi connectivity index (χ3n) is 3.33. The Bertz CT molecular complexity index is 438. The van der Waals surface area contributed by atoms with Gasteiger partial charge in [-0.05, 0) is 18.6 Å². The first-order valence-electron chi connectivity index (χ1n) is 7.87. The van der Waals surface area contributed by atoms with E-state index in [4.69, 9.17) is 9.84 Å². The minimum absolute atomic E-state index is 0.686. The van der Waals surface area contributed by atoms with Crippen molar-refractivity contribution in [2.75, 3.05) is 6.61 Å². The second kappa shape index (κ2) is 11.0. The van der Waals surface area contributed by atoms with Crippen molar-refractivity contribution >= 4 is 12.0 Å². The number of carboxylic acids is 1. The van der Waals surface area contributed by atoms with E-state index in [1.807, 2.05) is 24.3 Å².